The molecule has 132 valence electrons. The first kappa shape index (κ1) is 16.4. The van der Waals surface area contributed by atoms with Crippen molar-refractivity contribution >= 4 is 16.8 Å². The zero-order valence-corrected chi connectivity index (χ0v) is 14.4. The van der Waals surface area contributed by atoms with Crippen molar-refractivity contribution in [2.24, 2.45) is 0 Å². The van der Waals surface area contributed by atoms with Gasteiger partial charge in [-0.1, -0.05) is 18.2 Å². The summed E-state index contributed by atoms with van der Waals surface area (Å²) in [5.41, 5.74) is 2.40. The van der Waals surface area contributed by atoms with E-state index in [1.807, 2.05) is 30.3 Å². The number of carbonyl (C=O) groups is 1. The van der Waals surface area contributed by atoms with Gasteiger partial charge in [0, 0.05) is 18.5 Å². The molecule has 3 aromatic rings. The molecule has 0 spiro atoms. The molecule has 2 aromatic heterocycles. The Bertz CT molecular complexity index is 954. The molecule has 1 fully saturated rings. The van der Waals surface area contributed by atoms with Gasteiger partial charge in [-0.15, -0.1) is 0 Å². The van der Waals surface area contributed by atoms with Crippen LogP contribution in [0.3, 0.4) is 0 Å². The van der Waals surface area contributed by atoms with E-state index < -0.39 is 0 Å². The molecule has 0 N–H and O–H groups in total. The number of nitrogens with zero attached hydrogens (tertiary/aromatic N) is 4. The fourth-order valence-corrected chi connectivity index (χ4v) is 2.96. The summed E-state index contributed by atoms with van der Waals surface area (Å²) in [5, 5.41) is 0.968. The molecular formula is C19H18N4O3. The smallest absolute Gasteiger partial charge is 0.274 e. The second kappa shape index (κ2) is 7.05. The van der Waals surface area contributed by atoms with E-state index >= 15 is 0 Å². The van der Waals surface area contributed by atoms with Gasteiger partial charge in [0.05, 0.1) is 49.5 Å². The van der Waals surface area contributed by atoms with E-state index in [1.165, 1.54) is 6.20 Å². The van der Waals surface area contributed by atoms with Crippen molar-refractivity contribution < 1.29 is 14.3 Å². The van der Waals surface area contributed by atoms with Crippen LogP contribution < -0.4 is 4.74 Å². The molecular weight excluding hydrogens is 332 g/mol. The number of carbonyl (C=O) groups excluding carboxylic acids is 1. The third-order valence-electron chi connectivity index (χ3n) is 4.31. The van der Waals surface area contributed by atoms with Crippen LogP contribution in [0.1, 0.15) is 10.5 Å². The summed E-state index contributed by atoms with van der Waals surface area (Å²) < 4.78 is 10.7. The van der Waals surface area contributed by atoms with Crippen LogP contribution in [0.4, 0.5) is 0 Å². The molecule has 26 heavy (non-hydrogen) atoms. The van der Waals surface area contributed by atoms with Gasteiger partial charge in [-0.05, 0) is 12.1 Å². The number of amides is 1. The van der Waals surface area contributed by atoms with Gasteiger partial charge in [0.1, 0.15) is 5.69 Å². The Balaban J connectivity index is 1.74. The average Bonchev–Trinajstić information content (AvgIpc) is 2.73. The summed E-state index contributed by atoms with van der Waals surface area (Å²) in [5.74, 6) is 0.310. The van der Waals surface area contributed by atoms with E-state index in [4.69, 9.17) is 9.47 Å². The number of para-hydroxylation sites is 1. The molecule has 0 bridgehead atoms. The average molecular weight is 350 g/mol. The van der Waals surface area contributed by atoms with Crippen molar-refractivity contribution in [2.45, 2.75) is 0 Å². The molecule has 4 rings (SSSR count). The van der Waals surface area contributed by atoms with Crippen LogP contribution in [-0.2, 0) is 4.74 Å². The number of benzene rings is 1. The number of aromatic nitrogens is 3. The van der Waals surface area contributed by atoms with Gasteiger partial charge < -0.3 is 14.4 Å². The third-order valence-corrected chi connectivity index (χ3v) is 4.31. The highest BCUT2D eigenvalue weighted by Gasteiger charge is 2.21. The van der Waals surface area contributed by atoms with Gasteiger partial charge in [0.25, 0.3) is 5.91 Å². The Morgan fingerprint density at radius 2 is 1.96 bits per heavy atom. The van der Waals surface area contributed by atoms with Gasteiger partial charge in [-0.2, -0.15) is 0 Å². The van der Waals surface area contributed by atoms with Gasteiger partial charge in [-0.25, -0.2) is 9.97 Å². The Morgan fingerprint density at radius 1 is 1.15 bits per heavy atom. The SMILES string of the molecule is COc1nc2ccccc2cc1-c1cncc(C(=O)N2CCOCC2)n1. The predicted octanol–water partition coefficient (Wildman–Crippen LogP) is 2.17. The highest BCUT2D eigenvalue weighted by Crippen LogP contribution is 2.30. The molecule has 7 heteroatoms. The second-order valence-corrected chi connectivity index (χ2v) is 5.93. The molecule has 1 aliphatic rings. The topological polar surface area (TPSA) is 77.4 Å². The normalized spacial score (nSPS) is 14.4. The maximum Gasteiger partial charge on any atom is 0.274 e. The Hall–Kier alpha value is -3.06. The lowest BCUT2D eigenvalue weighted by Gasteiger charge is -2.26. The third kappa shape index (κ3) is 3.09. The van der Waals surface area contributed by atoms with Crippen LogP contribution in [0, 0.1) is 0 Å². The lowest BCUT2D eigenvalue weighted by Crippen LogP contribution is -2.41. The molecule has 1 saturated heterocycles. The minimum Gasteiger partial charge on any atom is -0.480 e. The standard InChI is InChI=1S/C19H18N4O3/c1-25-18-14(10-13-4-2-3-5-15(13)22-18)16-11-20-12-17(21-16)19(24)23-6-8-26-9-7-23/h2-5,10-12H,6-9H2,1H3. The summed E-state index contributed by atoms with van der Waals surface area (Å²) in [4.78, 5) is 27.7. The largest absolute Gasteiger partial charge is 0.480 e. The van der Waals surface area contributed by atoms with Crippen LogP contribution in [-0.4, -0.2) is 59.2 Å². The molecule has 1 amide bonds. The van der Waals surface area contributed by atoms with Crippen molar-refractivity contribution in [3.05, 3.63) is 48.4 Å². The van der Waals surface area contributed by atoms with Crippen molar-refractivity contribution in [3.8, 4) is 17.1 Å². The minimum absolute atomic E-state index is 0.143. The van der Waals surface area contributed by atoms with Crippen molar-refractivity contribution in [1.82, 2.24) is 19.9 Å². The minimum atomic E-state index is -0.143. The lowest BCUT2D eigenvalue weighted by molar-refractivity contribution is 0.0299. The van der Waals surface area contributed by atoms with E-state index in [2.05, 4.69) is 15.0 Å². The quantitative estimate of drug-likeness (QED) is 0.720. The highest BCUT2D eigenvalue weighted by atomic mass is 16.5. The fourth-order valence-electron chi connectivity index (χ4n) is 2.96. The maximum atomic E-state index is 12.7. The van der Waals surface area contributed by atoms with Gasteiger partial charge in [0.15, 0.2) is 0 Å². The zero-order chi connectivity index (χ0) is 17.9. The molecule has 0 atom stereocenters. The van der Waals surface area contributed by atoms with Crippen LogP contribution >= 0.6 is 0 Å². The number of pyridine rings is 1. The van der Waals surface area contributed by atoms with Gasteiger partial charge in [0.2, 0.25) is 5.88 Å². The number of hydrogen-bond donors (Lipinski definition) is 0. The Kier molecular flexibility index (Phi) is 4.45. The number of hydrogen-bond acceptors (Lipinski definition) is 6. The lowest BCUT2D eigenvalue weighted by atomic mass is 10.1. The number of methoxy groups -OCH3 is 1. The van der Waals surface area contributed by atoms with Crippen LogP contribution in [0.25, 0.3) is 22.2 Å². The molecule has 1 aliphatic heterocycles. The first-order valence-electron chi connectivity index (χ1n) is 8.39. The zero-order valence-electron chi connectivity index (χ0n) is 14.4. The number of morpholine rings is 1. The molecule has 7 nitrogen and oxygen atoms in total. The number of fused-ring (bicyclic) bond motifs is 1. The Labute approximate surface area is 150 Å². The Morgan fingerprint density at radius 3 is 2.77 bits per heavy atom. The van der Waals surface area contributed by atoms with Crippen molar-refractivity contribution in [3.63, 3.8) is 0 Å². The molecule has 3 heterocycles. The molecule has 0 saturated carbocycles. The van der Waals surface area contributed by atoms with E-state index in [9.17, 15) is 4.79 Å². The maximum absolute atomic E-state index is 12.7. The fraction of sp³-hybridized carbons (Fsp3) is 0.263. The van der Waals surface area contributed by atoms with Crippen LogP contribution in [0.5, 0.6) is 5.88 Å². The first-order chi connectivity index (χ1) is 12.8. The van der Waals surface area contributed by atoms with Crippen molar-refractivity contribution in [2.75, 3.05) is 33.4 Å². The van der Waals surface area contributed by atoms with Gasteiger partial charge in [-0.3, -0.25) is 9.78 Å². The number of ether oxygens (including phenoxy) is 2. The van der Waals surface area contributed by atoms with Crippen LogP contribution in [0.15, 0.2) is 42.7 Å². The molecule has 0 unspecified atom stereocenters. The first-order valence-corrected chi connectivity index (χ1v) is 8.39. The monoisotopic (exact) mass is 350 g/mol. The predicted molar refractivity (Wildman–Crippen MR) is 96.0 cm³/mol. The van der Waals surface area contributed by atoms with E-state index in [0.29, 0.717) is 49.1 Å². The summed E-state index contributed by atoms with van der Waals surface area (Å²) in [6.45, 7) is 2.21. The molecule has 0 aliphatic carbocycles. The summed E-state index contributed by atoms with van der Waals surface area (Å²) >= 11 is 0. The summed E-state index contributed by atoms with van der Waals surface area (Å²) in [6, 6.07) is 9.72. The van der Waals surface area contributed by atoms with Gasteiger partial charge >= 0.3 is 0 Å². The second-order valence-electron chi connectivity index (χ2n) is 5.93. The summed E-state index contributed by atoms with van der Waals surface area (Å²) in [7, 11) is 1.57. The summed E-state index contributed by atoms with van der Waals surface area (Å²) in [6.07, 6.45) is 3.10. The van der Waals surface area contributed by atoms with Crippen molar-refractivity contribution in [1.29, 1.82) is 0 Å². The van der Waals surface area contributed by atoms with Crippen LogP contribution in [0.2, 0.25) is 0 Å². The number of rotatable bonds is 3. The van der Waals surface area contributed by atoms with E-state index in [1.54, 1.807) is 18.2 Å². The molecule has 0 radical (unpaired) electrons. The molecule has 1 aromatic carbocycles. The van der Waals surface area contributed by atoms with E-state index in [-0.39, 0.29) is 5.91 Å². The van der Waals surface area contributed by atoms with E-state index in [0.717, 1.165) is 10.9 Å². The highest BCUT2D eigenvalue weighted by molar-refractivity contribution is 5.93.